The number of piperidine rings is 1. The van der Waals surface area contributed by atoms with Gasteiger partial charge in [-0.2, -0.15) is 0 Å². The van der Waals surface area contributed by atoms with E-state index in [1.165, 1.54) is 4.70 Å². The lowest BCUT2D eigenvalue weighted by atomic mass is 10.1. The van der Waals surface area contributed by atoms with Crippen LogP contribution in [0.3, 0.4) is 0 Å². The molecule has 2 N–H and O–H groups in total. The summed E-state index contributed by atoms with van der Waals surface area (Å²) in [7, 11) is 0. The Morgan fingerprint density at radius 3 is 2.94 bits per heavy atom. The van der Waals surface area contributed by atoms with E-state index in [1.54, 1.807) is 11.3 Å². The highest BCUT2D eigenvalue weighted by atomic mass is 35.5. The first kappa shape index (κ1) is 12.2. The van der Waals surface area contributed by atoms with Gasteiger partial charge in [0.25, 0.3) is 0 Å². The monoisotopic (exact) mass is 281 g/mol. The lowest BCUT2D eigenvalue weighted by Crippen LogP contribution is -2.35. The SMILES string of the molecule is Cc1c(Cl)ccc2sc(NC3CCNCC3)nc12. The number of hydrogen-bond donors (Lipinski definition) is 2. The van der Waals surface area contributed by atoms with E-state index in [0.29, 0.717) is 6.04 Å². The predicted molar refractivity (Wildman–Crippen MR) is 78.9 cm³/mol. The molecule has 1 fully saturated rings. The van der Waals surface area contributed by atoms with Gasteiger partial charge in [-0.25, -0.2) is 4.98 Å². The molecule has 3 rings (SSSR count). The second-order valence-corrected chi connectivity index (χ2v) is 6.14. The van der Waals surface area contributed by atoms with E-state index in [-0.39, 0.29) is 0 Å². The molecule has 1 aromatic heterocycles. The van der Waals surface area contributed by atoms with Gasteiger partial charge in [-0.3, -0.25) is 0 Å². The van der Waals surface area contributed by atoms with Crippen molar-refractivity contribution in [2.24, 2.45) is 0 Å². The fourth-order valence-corrected chi connectivity index (χ4v) is 3.46. The van der Waals surface area contributed by atoms with Crippen molar-refractivity contribution in [3.8, 4) is 0 Å². The minimum Gasteiger partial charge on any atom is -0.359 e. The van der Waals surface area contributed by atoms with Crippen molar-refractivity contribution in [1.29, 1.82) is 0 Å². The molecule has 3 nitrogen and oxygen atoms in total. The number of rotatable bonds is 2. The number of aryl methyl sites for hydroxylation is 1. The van der Waals surface area contributed by atoms with E-state index in [1.807, 2.05) is 13.0 Å². The summed E-state index contributed by atoms with van der Waals surface area (Å²) in [4.78, 5) is 4.67. The molecule has 0 amide bonds. The van der Waals surface area contributed by atoms with Crippen molar-refractivity contribution in [1.82, 2.24) is 10.3 Å². The summed E-state index contributed by atoms with van der Waals surface area (Å²) >= 11 is 7.84. The maximum atomic E-state index is 6.12. The van der Waals surface area contributed by atoms with E-state index in [4.69, 9.17) is 11.6 Å². The molecule has 1 saturated heterocycles. The van der Waals surface area contributed by atoms with Gasteiger partial charge in [-0.05, 0) is 50.6 Å². The van der Waals surface area contributed by atoms with Gasteiger partial charge in [-0.15, -0.1) is 0 Å². The fraction of sp³-hybridized carbons (Fsp3) is 0.462. The third-order valence-electron chi connectivity index (χ3n) is 3.41. The Hall–Kier alpha value is -0.840. The summed E-state index contributed by atoms with van der Waals surface area (Å²) in [6.07, 6.45) is 2.32. The summed E-state index contributed by atoms with van der Waals surface area (Å²) in [6, 6.07) is 4.55. The normalized spacial score (nSPS) is 17.2. The van der Waals surface area contributed by atoms with Crippen LogP contribution in [0.25, 0.3) is 10.2 Å². The predicted octanol–water partition coefficient (Wildman–Crippen LogP) is 3.42. The fourth-order valence-electron chi connectivity index (χ4n) is 2.30. The van der Waals surface area contributed by atoms with Gasteiger partial charge in [0.2, 0.25) is 0 Å². The Morgan fingerprint density at radius 2 is 2.17 bits per heavy atom. The molecule has 2 heterocycles. The van der Waals surface area contributed by atoms with Gasteiger partial charge in [0.15, 0.2) is 5.13 Å². The molecule has 0 bridgehead atoms. The summed E-state index contributed by atoms with van der Waals surface area (Å²) in [5.41, 5.74) is 2.10. The van der Waals surface area contributed by atoms with Crippen molar-refractivity contribution >= 4 is 38.3 Å². The first-order valence-electron chi connectivity index (χ1n) is 6.27. The highest BCUT2D eigenvalue weighted by molar-refractivity contribution is 7.22. The van der Waals surface area contributed by atoms with E-state index >= 15 is 0 Å². The number of anilines is 1. The number of fused-ring (bicyclic) bond motifs is 1. The van der Waals surface area contributed by atoms with Crippen LogP contribution >= 0.6 is 22.9 Å². The summed E-state index contributed by atoms with van der Waals surface area (Å²) < 4.78 is 1.20. The third-order valence-corrected chi connectivity index (χ3v) is 4.78. The van der Waals surface area contributed by atoms with Gasteiger partial charge < -0.3 is 10.6 Å². The maximum Gasteiger partial charge on any atom is 0.184 e. The largest absolute Gasteiger partial charge is 0.359 e. The zero-order chi connectivity index (χ0) is 12.5. The third kappa shape index (κ3) is 2.32. The van der Waals surface area contributed by atoms with Gasteiger partial charge in [0.1, 0.15) is 0 Å². The highest BCUT2D eigenvalue weighted by Crippen LogP contribution is 2.32. The first-order chi connectivity index (χ1) is 8.74. The average Bonchev–Trinajstić information content (AvgIpc) is 2.79. The molecule has 0 spiro atoms. The summed E-state index contributed by atoms with van der Waals surface area (Å²) in [5, 5.41) is 8.72. The average molecular weight is 282 g/mol. The zero-order valence-corrected chi connectivity index (χ0v) is 11.9. The smallest absolute Gasteiger partial charge is 0.184 e. The van der Waals surface area contributed by atoms with Crippen LogP contribution in [0.4, 0.5) is 5.13 Å². The van der Waals surface area contributed by atoms with Crippen LogP contribution in [0.5, 0.6) is 0 Å². The Labute approximate surface area is 116 Å². The highest BCUT2D eigenvalue weighted by Gasteiger charge is 2.15. The van der Waals surface area contributed by atoms with E-state index < -0.39 is 0 Å². The molecule has 0 unspecified atom stereocenters. The topological polar surface area (TPSA) is 37.0 Å². The van der Waals surface area contributed by atoms with E-state index in [0.717, 1.165) is 47.2 Å². The van der Waals surface area contributed by atoms with E-state index in [9.17, 15) is 0 Å². The van der Waals surface area contributed by atoms with Crippen LogP contribution in [0.2, 0.25) is 5.02 Å². The number of halogens is 1. The van der Waals surface area contributed by atoms with Gasteiger partial charge in [0, 0.05) is 11.1 Å². The quantitative estimate of drug-likeness (QED) is 0.886. The van der Waals surface area contributed by atoms with E-state index in [2.05, 4.69) is 21.7 Å². The Bertz CT molecular complexity index is 561. The van der Waals surface area contributed by atoms with Crippen molar-refractivity contribution in [2.45, 2.75) is 25.8 Å². The van der Waals surface area contributed by atoms with Gasteiger partial charge >= 0.3 is 0 Å². The molecule has 0 radical (unpaired) electrons. The van der Waals surface area contributed by atoms with Crippen LogP contribution in [0, 0.1) is 6.92 Å². The second-order valence-electron chi connectivity index (χ2n) is 4.71. The minimum atomic E-state index is 0.544. The van der Waals surface area contributed by atoms with Crippen molar-refractivity contribution < 1.29 is 0 Å². The molecule has 0 atom stereocenters. The molecular weight excluding hydrogens is 266 g/mol. The second kappa shape index (κ2) is 5.03. The van der Waals surface area contributed by atoms with Crippen LogP contribution in [0.1, 0.15) is 18.4 Å². The molecule has 1 aliphatic rings. The number of nitrogens with one attached hydrogen (secondary N) is 2. The molecule has 0 saturated carbocycles. The van der Waals surface area contributed by atoms with Crippen molar-refractivity contribution in [3.63, 3.8) is 0 Å². The van der Waals surface area contributed by atoms with Gasteiger partial charge in [0.05, 0.1) is 10.2 Å². The maximum absolute atomic E-state index is 6.12. The van der Waals surface area contributed by atoms with Crippen LogP contribution in [-0.4, -0.2) is 24.1 Å². The van der Waals surface area contributed by atoms with Crippen molar-refractivity contribution in [3.05, 3.63) is 22.7 Å². The Balaban J connectivity index is 1.86. The lowest BCUT2D eigenvalue weighted by Gasteiger charge is -2.23. The number of aromatic nitrogens is 1. The van der Waals surface area contributed by atoms with Crippen LogP contribution in [-0.2, 0) is 0 Å². The molecule has 2 aromatic rings. The molecular formula is C13H16ClN3S. The molecule has 0 aliphatic carbocycles. The van der Waals surface area contributed by atoms with Crippen LogP contribution < -0.4 is 10.6 Å². The Morgan fingerprint density at radius 1 is 1.39 bits per heavy atom. The zero-order valence-electron chi connectivity index (χ0n) is 10.3. The molecule has 5 heteroatoms. The molecule has 1 aliphatic heterocycles. The summed E-state index contributed by atoms with van der Waals surface area (Å²) in [6.45, 7) is 4.21. The first-order valence-corrected chi connectivity index (χ1v) is 7.46. The molecule has 18 heavy (non-hydrogen) atoms. The van der Waals surface area contributed by atoms with Crippen molar-refractivity contribution in [2.75, 3.05) is 18.4 Å². The molecule has 96 valence electrons. The Kier molecular flexibility index (Phi) is 3.41. The van der Waals surface area contributed by atoms with Crippen LogP contribution in [0.15, 0.2) is 12.1 Å². The number of hydrogen-bond acceptors (Lipinski definition) is 4. The minimum absolute atomic E-state index is 0.544. The van der Waals surface area contributed by atoms with Gasteiger partial charge in [-0.1, -0.05) is 22.9 Å². The summed E-state index contributed by atoms with van der Waals surface area (Å²) in [5.74, 6) is 0. The number of benzene rings is 1. The standard InChI is InChI=1S/C13H16ClN3S/c1-8-10(14)2-3-11-12(8)17-13(18-11)16-9-4-6-15-7-5-9/h2-3,9,15H,4-7H2,1H3,(H,16,17). The number of thiazole rings is 1. The number of nitrogens with zero attached hydrogens (tertiary/aromatic N) is 1. The molecule has 1 aromatic carbocycles. The lowest BCUT2D eigenvalue weighted by molar-refractivity contribution is 0.479.